The van der Waals surface area contributed by atoms with Gasteiger partial charge in [-0.1, -0.05) is 64.5 Å². The van der Waals surface area contributed by atoms with Crippen LogP contribution in [-0.4, -0.2) is 17.0 Å². The highest BCUT2D eigenvalue weighted by Gasteiger charge is 2.67. The lowest BCUT2D eigenvalue weighted by Crippen LogP contribution is -2.99. The Kier molecular flexibility index (Phi) is 3.86. The molecule has 3 aromatic rings. The summed E-state index contributed by atoms with van der Waals surface area (Å²) in [7, 11) is 0. The molecule has 2 N–H and O–H groups in total. The summed E-state index contributed by atoms with van der Waals surface area (Å²) in [6, 6.07) is 21.9. The number of halogens is 1. The summed E-state index contributed by atoms with van der Waals surface area (Å²) in [6.07, 6.45) is 0. The molecule has 4 aliphatic rings. The molecular formula is C24H17BrN2O4. The number of benzene rings is 3. The topological polar surface area (TPSA) is 85.1 Å². The molecule has 1 heterocycles. The van der Waals surface area contributed by atoms with Crippen molar-refractivity contribution in [3.05, 3.63) is 100 Å². The van der Waals surface area contributed by atoms with E-state index in [0.29, 0.717) is 5.69 Å². The monoisotopic (exact) mass is 476 g/mol. The number of carbonyl (C=O) groups excluding carboxylic acids is 2. The van der Waals surface area contributed by atoms with Gasteiger partial charge in [-0.05, 0) is 34.4 Å². The van der Waals surface area contributed by atoms with Crippen molar-refractivity contribution in [1.82, 2.24) is 0 Å². The lowest BCUT2D eigenvalue weighted by molar-refractivity contribution is -0.991. The van der Waals surface area contributed by atoms with E-state index < -0.39 is 21.4 Å². The first-order chi connectivity index (χ1) is 14.9. The third-order valence-electron chi connectivity index (χ3n) is 6.89. The van der Waals surface area contributed by atoms with Crippen molar-refractivity contribution in [2.75, 3.05) is 4.90 Å². The summed E-state index contributed by atoms with van der Waals surface area (Å²) in [5.41, 5.74) is 4.72. The minimum atomic E-state index is -1.05. The second kappa shape index (κ2) is 6.34. The van der Waals surface area contributed by atoms with E-state index in [1.54, 1.807) is 0 Å². The predicted molar refractivity (Wildman–Crippen MR) is 116 cm³/mol. The summed E-state index contributed by atoms with van der Waals surface area (Å²) in [5.74, 6) is -1.79. The van der Waals surface area contributed by atoms with Gasteiger partial charge in [0.2, 0.25) is 11.8 Å². The minimum Gasteiger partial charge on any atom is -0.595 e. The maximum absolute atomic E-state index is 13.7. The van der Waals surface area contributed by atoms with Crippen molar-refractivity contribution < 1.29 is 20.0 Å². The van der Waals surface area contributed by atoms with E-state index in [-0.39, 0.29) is 23.4 Å². The maximum Gasteiger partial charge on any atom is 0.239 e. The first-order valence-electron chi connectivity index (χ1n) is 10.0. The van der Waals surface area contributed by atoms with Crippen molar-refractivity contribution in [3.63, 3.8) is 0 Å². The molecule has 3 atom stereocenters. The molecule has 2 bridgehead atoms. The largest absolute Gasteiger partial charge is 0.595 e. The number of rotatable bonds is 2. The molecular weight excluding hydrogens is 460 g/mol. The average Bonchev–Trinajstić information content (AvgIpc) is 3.06. The number of quaternary nitrogens is 1. The zero-order valence-corrected chi connectivity index (χ0v) is 17.7. The van der Waals surface area contributed by atoms with Crippen molar-refractivity contribution in [1.29, 1.82) is 0 Å². The van der Waals surface area contributed by atoms with Crippen LogP contribution in [0.1, 0.15) is 28.2 Å². The molecule has 0 radical (unpaired) electrons. The Morgan fingerprint density at radius 1 is 0.871 bits per heavy atom. The second-order valence-electron chi connectivity index (χ2n) is 8.23. The van der Waals surface area contributed by atoms with Crippen LogP contribution in [0.3, 0.4) is 0 Å². The molecule has 6 nitrogen and oxygen atoms in total. The highest BCUT2D eigenvalue weighted by molar-refractivity contribution is 9.09. The van der Waals surface area contributed by atoms with Gasteiger partial charge in [-0.25, -0.2) is 10.1 Å². The zero-order valence-electron chi connectivity index (χ0n) is 16.2. The normalized spacial score (nSPS) is 28.9. The molecule has 3 aliphatic carbocycles. The molecule has 1 saturated heterocycles. The quantitative estimate of drug-likeness (QED) is 0.338. The van der Waals surface area contributed by atoms with Crippen LogP contribution in [0.5, 0.6) is 0 Å². The van der Waals surface area contributed by atoms with Crippen LogP contribution in [-0.2, 0) is 13.9 Å². The number of nitrogens with one attached hydrogen (secondary N) is 1. The third-order valence-corrected chi connectivity index (χ3v) is 8.23. The molecule has 1 fully saturated rings. The smallest absolute Gasteiger partial charge is 0.239 e. The Balaban J connectivity index is 1.55. The van der Waals surface area contributed by atoms with E-state index in [1.807, 2.05) is 48.5 Å². The van der Waals surface area contributed by atoms with E-state index in [9.17, 15) is 20.0 Å². The van der Waals surface area contributed by atoms with Gasteiger partial charge in [0.1, 0.15) is 0 Å². The lowest BCUT2D eigenvalue weighted by Gasteiger charge is -2.51. The van der Waals surface area contributed by atoms with Crippen LogP contribution in [0, 0.1) is 17.0 Å². The molecule has 7 rings (SSSR count). The van der Waals surface area contributed by atoms with Crippen LogP contribution in [0.2, 0.25) is 0 Å². The van der Waals surface area contributed by atoms with Gasteiger partial charge in [0.15, 0.2) is 5.69 Å². The van der Waals surface area contributed by atoms with E-state index >= 15 is 0 Å². The number of amides is 2. The number of hydrogen-bond acceptors (Lipinski definition) is 4. The van der Waals surface area contributed by atoms with Crippen LogP contribution in [0.4, 0.5) is 11.4 Å². The molecule has 1 unspecified atom stereocenters. The molecule has 2 amide bonds. The molecule has 0 saturated carbocycles. The standard InChI is InChI=1S/C24H17BrN2O4/c25-24-17-7-3-1-5-15(17)19(16-6-2-4-8-18(16)24)20-21(24)23(29)26(22(20)28)13-9-11-14(12-10-13)27(30)31/h1-12,19-21,27,30H/t19?,20-,21+,24?/m0/s1. The molecule has 0 spiro atoms. The van der Waals surface area contributed by atoms with Gasteiger partial charge < -0.3 is 5.21 Å². The summed E-state index contributed by atoms with van der Waals surface area (Å²) < 4.78 is -0.790. The summed E-state index contributed by atoms with van der Waals surface area (Å²) in [6.45, 7) is 0. The number of anilines is 1. The van der Waals surface area contributed by atoms with Crippen LogP contribution in [0.25, 0.3) is 0 Å². The summed E-state index contributed by atoms with van der Waals surface area (Å²) in [4.78, 5) is 28.7. The maximum atomic E-state index is 13.7. The highest BCUT2D eigenvalue weighted by atomic mass is 79.9. The van der Waals surface area contributed by atoms with E-state index in [2.05, 4.69) is 15.9 Å². The van der Waals surface area contributed by atoms with Gasteiger partial charge in [-0.3, -0.25) is 9.59 Å². The Morgan fingerprint density at radius 3 is 1.97 bits per heavy atom. The molecule has 7 heteroatoms. The molecule has 0 aromatic heterocycles. The summed E-state index contributed by atoms with van der Waals surface area (Å²) in [5, 5.41) is 19.3. The first kappa shape index (κ1) is 18.9. The van der Waals surface area contributed by atoms with Crippen molar-refractivity contribution in [3.8, 4) is 0 Å². The predicted octanol–water partition coefficient (Wildman–Crippen LogP) is 2.99. The third kappa shape index (κ3) is 2.26. The van der Waals surface area contributed by atoms with Crippen LogP contribution in [0.15, 0.2) is 72.8 Å². The van der Waals surface area contributed by atoms with E-state index in [1.165, 1.54) is 29.2 Å². The first-order valence-corrected chi connectivity index (χ1v) is 10.8. The molecule has 3 aromatic carbocycles. The second-order valence-corrected chi connectivity index (χ2v) is 9.48. The Labute approximate surface area is 186 Å². The summed E-state index contributed by atoms with van der Waals surface area (Å²) >= 11 is 3.96. The molecule has 31 heavy (non-hydrogen) atoms. The van der Waals surface area contributed by atoms with Crippen LogP contribution >= 0.6 is 15.9 Å². The lowest BCUT2D eigenvalue weighted by atomic mass is 9.55. The number of carbonyl (C=O) groups is 2. The number of alkyl halides is 1. The van der Waals surface area contributed by atoms with Crippen molar-refractivity contribution >= 4 is 39.1 Å². The number of nitrogens with zero attached hydrogens (tertiary/aromatic N) is 1. The zero-order chi connectivity index (χ0) is 21.5. The van der Waals surface area contributed by atoms with Gasteiger partial charge in [0, 0.05) is 18.1 Å². The van der Waals surface area contributed by atoms with E-state index in [0.717, 1.165) is 22.3 Å². The Morgan fingerprint density at radius 2 is 1.42 bits per heavy atom. The Hall–Kier alpha value is -2.84. The average molecular weight is 477 g/mol. The number of hydrogen-bond donors (Lipinski definition) is 2. The van der Waals surface area contributed by atoms with Crippen molar-refractivity contribution in [2.45, 2.75) is 10.2 Å². The van der Waals surface area contributed by atoms with Crippen molar-refractivity contribution in [2.24, 2.45) is 11.8 Å². The van der Waals surface area contributed by atoms with Crippen LogP contribution < -0.4 is 10.1 Å². The Bertz CT molecular complexity index is 1210. The minimum absolute atomic E-state index is 0.108. The van der Waals surface area contributed by atoms with Gasteiger partial charge in [0.05, 0.1) is 21.8 Å². The number of imide groups is 1. The molecule has 154 valence electrons. The molecule has 1 aliphatic heterocycles. The fraction of sp³-hybridized carbons (Fsp3) is 0.167. The van der Waals surface area contributed by atoms with Gasteiger partial charge in [-0.15, -0.1) is 0 Å². The van der Waals surface area contributed by atoms with E-state index in [4.69, 9.17) is 0 Å². The highest BCUT2D eigenvalue weighted by Crippen LogP contribution is 2.66. The van der Waals surface area contributed by atoms with Gasteiger partial charge in [-0.2, -0.15) is 5.23 Å². The fourth-order valence-corrected chi connectivity index (χ4v) is 6.89. The van der Waals surface area contributed by atoms with Gasteiger partial charge >= 0.3 is 0 Å². The van der Waals surface area contributed by atoms with Gasteiger partial charge in [0.25, 0.3) is 0 Å². The fourth-order valence-electron chi connectivity index (χ4n) is 5.69. The SMILES string of the molecule is O=C1[C@H]2C3c4ccccc4C(Br)(c4ccccc43)[C@H]2C(=O)N1c1ccc([NH+]([O-])O)cc1.